The van der Waals surface area contributed by atoms with Crippen molar-refractivity contribution in [3.8, 4) is 0 Å². The normalized spacial score (nSPS) is 11.2. The Balaban J connectivity index is 1.62. The summed E-state index contributed by atoms with van der Waals surface area (Å²) >= 11 is 12.1. The van der Waals surface area contributed by atoms with Gasteiger partial charge in [-0.3, -0.25) is 5.43 Å². The molecule has 0 spiro atoms. The van der Waals surface area contributed by atoms with Gasteiger partial charge in [0.05, 0.1) is 11.2 Å². The number of aromatic nitrogens is 4. The fourth-order valence-corrected chi connectivity index (χ4v) is 2.80. The van der Waals surface area contributed by atoms with Gasteiger partial charge in [-0.2, -0.15) is 10.1 Å². The lowest BCUT2D eigenvalue weighted by Gasteiger charge is -2.09. The van der Waals surface area contributed by atoms with Crippen molar-refractivity contribution in [2.45, 2.75) is 6.92 Å². The van der Waals surface area contributed by atoms with E-state index in [1.54, 1.807) is 24.4 Å². The summed E-state index contributed by atoms with van der Waals surface area (Å²) in [5.74, 6) is 0.775. The van der Waals surface area contributed by atoms with Gasteiger partial charge in [0.15, 0.2) is 11.6 Å². The highest BCUT2D eigenvalue weighted by atomic mass is 35.5. The van der Waals surface area contributed by atoms with Crippen molar-refractivity contribution < 1.29 is 4.63 Å². The molecule has 2 heterocycles. The van der Waals surface area contributed by atoms with Crippen molar-refractivity contribution >= 4 is 58.0 Å². The maximum atomic E-state index is 6.15. The van der Waals surface area contributed by atoms with Crippen LogP contribution >= 0.6 is 23.2 Å². The topological polar surface area (TPSA) is 101 Å². The van der Waals surface area contributed by atoms with E-state index < -0.39 is 0 Å². The van der Waals surface area contributed by atoms with Gasteiger partial charge < -0.3 is 5.32 Å². The number of hydrogen-bond donors (Lipinski definition) is 2. The van der Waals surface area contributed by atoms with Crippen molar-refractivity contribution in [1.29, 1.82) is 0 Å². The lowest BCUT2D eigenvalue weighted by Crippen LogP contribution is -2.03. The molecule has 0 unspecified atom stereocenters. The van der Waals surface area contributed by atoms with Gasteiger partial charge in [-0.15, -0.1) is 0 Å². The van der Waals surface area contributed by atoms with Crippen molar-refractivity contribution in [2.75, 3.05) is 10.7 Å². The van der Waals surface area contributed by atoms with Gasteiger partial charge in [0.2, 0.25) is 11.3 Å². The summed E-state index contributed by atoms with van der Waals surface area (Å²) in [4.78, 5) is 8.73. The Bertz CT molecular complexity index is 1160. The third kappa shape index (κ3) is 4.03. The van der Waals surface area contributed by atoms with Crippen LogP contribution < -0.4 is 10.7 Å². The number of nitrogens with one attached hydrogen (secondary N) is 2. The molecule has 4 rings (SSSR count). The number of anilines is 3. The summed E-state index contributed by atoms with van der Waals surface area (Å²) in [6.45, 7) is 2.01. The molecule has 2 aromatic heterocycles. The molecule has 2 aromatic carbocycles. The molecular weight excluding hydrogens is 401 g/mol. The summed E-state index contributed by atoms with van der Waals surface area (Å²) in [5, 5.41) is 15.8. The van der Waals surface area contributed by atoms with Crippen LogP contribution in [0.15, 0.2) is 52.2 Å². The number of aryl methyl sites for hydroxylation is 1. The Morgan fingerprint density at radius 2 is 1.68 bits per heavy atom. The first-order chi connectivity index (χ1) is 13.6. The third-order valence-corrected chi connectivity index (χ3v) is 4.33. The second-order valence-corrected chi connectivity index (χ2v) is 6.70. The molecule has 2 N–H and O–H groups in total. The Morgan fingerprint density at radius 3 is 2.39 bits per heavy atom. The van der Waals surface area contributed by atoms with E-state index in [1.807, 2.05) is 31.2 Å². The molecule has 0 aliphatic carbocycles. The summed E-state index contributed by atoms with van der Waals surface area (Å²) in [7, 11) is 0. The Labute approximate surface area is 169 Å². The molecule has 8 nitrogen and oxygen atoms in total. The fraction of sp³-hybridized carbons (Fsp3) is 0.0556. The molecule has 0 fully saturated rings. The lowest BCUT2D eigenvalue weighted by atomic mass is 10.2. The molecular formula is C18H13Cl2N7O. The fourth-order valence-electron chi connectivity index (χ4n) is 2.35. The molecule has 10 heteroatoms. The average Bonchev–Trinajstić information content (AvgIpc) is 3.12. The summed E-state index contributed by atoms with van der Waals surface area (Å²) in [6.07, 6.45) is 1.56. The Kier molecular flexibility index (Phi) is 5.05. The molecule has 0 aliphatic heterocycles. The first kappa shape index (κ1) is 18.1. The SMILES string of the molecule is Cc1ccc(Nc2nc3nonc3nc2N/N=C/c2ccc(Cl)cc2Cl)cc1. The number of hydrogen-bond acceptors (Lipinski definition) is 8. The number of rotatable bonds is 5. The van der Waals surface area contributed by atoms with E-state index in [9.17, 15) is 0 Å². The predicted molar refractivity (Wildman–Crippen MR) is 110 cm³/mol. The highest BCUT2D eigenvalue weighted by Gasteiger charge is 2.12. The zero-order chi connectivity index (χ0) is 19.5. The minimum Gasteiger partial charge on any atom is -0.337 e. The summed E-state index contributed by atoms with van der Waals surface area (Å²) in [5.41, 5.74) is 6.08. The molecule has 0 saturated carbocycles. The largest absolute Gasteiger partial charge is 0.337 e. The van der Waals surface area contributed by atoms with Gasteiger partial charge in [0, 0.05) is 16.3 Å². The molecule has 0 bridgehead atoms. The van der Waals surface area contributed by atoms with Crippen LogP contribution in [-0.2, 0) is 0 Å². The second-order valence-electron chi connectivity index (χ2n) is 5.86. The van der Waals surface area contributed by atoms with Gasteiger partial charge in [-0.25, -0.2) is 9.61 Å². The van der Waals surface area contributed by atoms with Gasteiger partial charge >= 0.3 is 0 Å². The maximum absolute atomic E-state index is 6.15. The lowest BCUT2D eigenvalue weighted by molar-refractivity contribution is 0.314. The highest BCUT2D eigenvalue weighted by molar-refractivity contribution is 6.36. The molecule has 0 atom stereocenters. The van der Waals surface area contributed by atoms with Crippen LogP contribution in [0.5, 0.6) is 0 Å². The number of hydrazone groups is 1. The predicted octanol–water partition coefficient (Wildman–Crippen LogP) is 4.82. The first-order valence-electron chi connectivity index (χ1n) is 8.16. The van der Waals surface area contributed by atoms with Gasteiger partial charge in [0.1, 0.15) is 0 Å². The van der Waals surface area contributed by atoms with E-state index in [0.717, 1.165) is 11.3 Å². The highest BCUT2D eigenvalue weighted by Crippen LogP contribution is 2.24. The van der Waals surface area contributed by atoms with Gasteiger partial charge in [-0.1, -0.05) is 47.0 Å². The Morgan fingerprint density at radius 1 is 0.964 bits per heavy atom. The molecule has 0 saturated heterocycles. The third-order valence-electron chi connectivity index (χ3n) is 3.77. The van der Waals surface area contributed by atoms with E-state index in [4.69, 9.17) is 27.8 Å². The summed E-state index contributed by atoms with van der Waals surface area (Å²) in [6, 6.07) is 13.0. The quantitative estimate of drug-likeness (QED) is 0.357. The van der Waals surface area contributed by atoms with Crippen LogP contribution in [0.1, 0.15) is 11.1 Å². The number of fused-ring (bicyclic) bond motifs is 1. The van der Waals surface area contributed by atoms with E-state index in [0.29, 0.717) is 27.2 Å². The second kappa shape index (κ2) is 7.79. The Hall–Kier alpha value is -3.23. The molecule has 0 radical (unpaired) electrons. The number of halogens is 2. The zero-order valence-corrected chi connectivity index (χ0v) is 16.0. The number of benzene rings is 2. The van der Waals surface area contributed by atoms with Crippen molar-refractivity contribution in [3.05, 3.63) is 63.6 Å². The van der Waals surface area contributed by atoms with Crippen molar-refractivity contribution in [3.63, 3.8) is 0 Å². The van der Waals surface area contributed by atoms with E-state index in [1.165, 1.54) is 0 Å². The molecule has 0 amide bonds. The van der Waals surface area contributed by atoms with E-state index >= 15 is 0 Å². The number of nitrogens with zero attached hydrogens (tertiary/aromatic N) is 5. The van der Waals surface area contributed by atoms with Crippen LogP contribution in [0.25, 0.3) is 11.3 Å². The standard InChI is InChI=1S/C18H13Cl2N7O/c1-10-2-6-13(7-3-10)22-15-16(24-18-17(23-15)26-28-27-18)25-21-9-11-4-5-12(19)8-14(11)20/h2-9H,1H3,(H,22,23,26)(H,24,25,27)/b21-9+. The minimum absolute atomic E-state index is 0.261. The maximum Gasteiger partial charge on any atom is 0.245 e. The molecule has 140 valence electrons. The van der Waals surface area contributed by atoms with Gasteiger partial charge in [0.25, 0.3) is 0 Å². The van der Waals surface area contributed by atoms with Crippen LogP contribution in [0.3, 0.4) is 0 Å². The zero-order valence-electron chi connectivity index (χ0n) is 14.5. The van der Waals surface area contributed by atoms with E-state index in [2.05, 4.69) is 36.1 Å². The molecule has 0 aliphatic rings. The smallest absolute Gasteiger partial charge is 0.245 e. The monoisotopic (exact) mass is 413 g/mol. The minimum atomic E-state index is 0.261. The van der Waals surface area contributed by atoms with Crippen LogP contribution in [0.2, 0.25) is 10.0 Å². The first-order valence-corrected chi connectivity index (χ1v) is 8.92. The molecule has 28 heavy (non-hydrogen) atoms. The summed E-state index contributed by atoms with van der Waals surface area (Å²) < 4.78 is 4.69. The van der Waals surface area contributed by atoms with Crippen LogP contribution in [0.4, 0.5) is 17.3 Å². The molecule has 4 aromatic rings. The van der Waals surface area contributed by atoms with Crippen LogP contribution in [0, 0.1) is 6.92 Å². The van der Waals surface area contributed by atoms with Crippen LogP contribution in [-0.4, -0.2) is 26.5 Å². The van der Waals surface area contributed by atoms with E-state index in [-0.39, 0.29) is 11.3 Å². The van der Waals surface area contributed by atoms with Crippen molar-refractivity contribution in [1.82, 2.24) is 20.3 Å². The average molecular weight is 414 g/mol. The van der Waals surface area contributed by atoms with Gasteiger partial charge in [-0.05, 0) is 41.5 Å². The van der Waals surface area contributed by atoms with Crippen molar-refractivity contribution in [2.24, 2.45) is 5.10 Å².